The summed E-state index contributed by atoms with van der Waals surface area (Å²) in [5.41, 5.74) is 1.09. The molecule has 0 spiro atoms. The molecule has 2 aromatic carbocycles. The molecular weight excluding hydrogens is 467 g/mol. The zero-order chi connectivity index (χ0) is 23.2. The van der Waals surface area contributed by atoms with E-state index in [1.807, 2.05) is 54.6 Å². The summed E-state index contributed by atoms with van der Waals surface area (Å²) in [6.45, 7) is 12.6. The number of hydrogen-bond donors (Lipinski definition) is 0. The molecule has 34 heavy (non-hydrogen) atoms. The van der Waals surface area contributed by atoms with Crippen LogP contribution in [0.25, 0.3) is 6.08 Å². The minimum absolute atomic E-state index is 0. The first-order valence-corrected chi connectivity index (χ1v) is 11.8. The fourth-order valence-electron chi connectivity index (χ4n) is 5.10. The van der Waals surface area contributed by atoms with E-state index in [-0.39, 0.29) is 36.2 Å². The van der Waals surface area contributed by atoms with Crippen LogP contribution in [0.4, 0.5) is 0 Å². The average Bonchev–Trinajstić information content (AvgIpc) is 2.81. The van der Waals surface area contributed by atoms with Gasteiger partial charge in [-0.15, -0.1) is 24.8 Å². The second-order valence-electron chi connectivity index (χ2n) is 9.35. The first kappa shape index (κ1) is 30.2. The van der Waals surface area contributed by atoms with Gasteiger partial charge in [0.2, 0.25) is 0 Å². The van der Waals surface area contributed by atoms with Crippen LogP contribution in [-0.2, 0) is 15.1 Å². The first-order valence-electron chi connectivity index (χ1n) is 11.8. The zero-order valence-electron chi connectivity index (χ0n) is 21.1. The van der Waals surface area contributed by atoms with Gasteiger partial charge in [0.15, 0.2) is 0 Å². The lowest BCUT2D eigenvalue weighted by Crippen LogP contribution is -2.63. The molecule has 3 unspecified atom stereocenters. The fraction of sp³-hybridized carbons (Fsp3) is 0.464. The summed E-state index contributed by atoms with van der Waals surface area (Å²) in [7, 11) is 2.18. The van der Waals surface area contributed by atoms with Gasteiger partial charge in [-0.1, -0.05) is 81.4 Å². The van der Waals surface area contributed by atoms with E-state index in [4.69, 9.17) is 4.74 Å². The van der Waals surface area contributed by atoms with Crippen LogP contribution in [0.2, 0.25) is 0 Å². The molecular formula is C28H40Cl2N2O2. The third kappa shape index (κ3) is 6.63. The quantitative estimate of drug-likeness (QED) is 0.322. The maximum Gasteiger partial charge on any atom is 0.331 e. The number of ether oxygens (including phenoxy) is 1. The zero-order valence-corrected chi connectivity index (χ0v) is 22.7. The average molecular weight is 508 g/mol. The molecule has 0 aliphatic carbocycles. The molecule has 0 aromatic heterocycles. The highest BCUT2D eigenvalue weighted by atomic mass is 35.5. The fourth-order valence-corrected chi connectivity index (χ4v) is 5.10. The van der Waals surface area contributed by atoms with Gasteiger partial charge in [-0.3, -0.25) is 0 Å². The smallest absolute Gasteiger partial charge is 0.331 e. The number of esters is 1. The highest BCUT2D eigenvalue weighted by Gasteiger charge is 2.57. The Bertz CT molecular complexity index is 905. The maximum atomic E-state index is 13.2. The van der Waals surface area contributed by atoms with Crippen LogP contribution in [0.3, 0.4) is 0 Å². The van der Waals surface area contributed by atoms with Gasteiger partial charge in [0.05, 0.1) is 0 Å². The van der Waals surface area contributed by atoms with Crippen molar-refractivity contribution < 1.29 is 9.53 Å². The van der Waals surface area contributed by atoms with Crippen molar-refractivity contribution >= 4 is 36.9 Å². The lowest BCUT2D eigenvalue weighted by atomic mass is 9.63. The molecule has 0 saturated carbocycles. The summed E-state index contributed by atoms with van der Waals surface area (Å²) in [4.78, 5) is 18.1. The van der Waals surface area contributed by atoms with Crippen molar-refractivity contribution in [3.63, 3.8) is 0 Å². The number of piperidine rings is 1. The molecule has 188 valence electrons. The van der Waals surface area contributed by atoms with Crippen molar-refractivity contribution in [2.75, 3.05) is 33.2 Å². The summed E-state index contributed by atoms with van der Waals surface area (Å²) in [5, 5.41) is 0. The van der Waals surface area contributed by atoms with Crippen LogP contribution in [0, 0.1) is 5.41 Å². The second kappa shape index (κ2) is 13.3. The SMILES string of the molecule is CCN(CC)CC1(C)CN(C)C(C)CC1(OC(=O)/C=C/c1ccccc1)c1ccccc1.Cl.Cl. The molecule has 4 nitrogen and oxygen atoms in total. The van der Waals surface area contributed by atoms with Gasteiger partial charge in [0, 0.05) is 37.0 Å². The van der Waals surface area contributed by atoms with Crippen molar-refractivity contribution in [2.45, 2.75) is 45.8 Å². The third-order valence-corrected chi connectivity index (χ3v) is 7.10. The number of hydrogen-bond acceptors (Lipinski definition) is 4. The number of carbonyl (C=O) groups is 1. The second-order valence-corrected chi connectivity index (χ2v) is 9.35. The van der Waals surface area contributed by atoms with Gasteiger partial charge < -0.3 is 14.5 Å². The van der Waals surface area contributed by atoms with Gasteiger partial charge >= 0.3 is 5.97 Å². The Balaban J connectivity index is 0.00000289. The van der Waals surface area contributed by atoms with Crippen LogP contribution < -0.4 is 0 Å². The standard InChI is InChI=1S/C28H38N2O2.2ClH/c1-6-30(7-2)22-27(4)21-29(5)23(3)20-28(27,25-16-12-9-13-17-25)32-26(31)19-18-24-14-10-8-11-15-24;;/h8-19,23H,6-7,20-22H2,1-5H3;2*1H/b19-18+;;. The molecule has 0 bridgehead atoms. The Morgan fingerprint density at radius 2 is 1.62 bits per heavy atom. The molecule has 1 aliphatic heterocycles. The highest BCUT2D eigenvalue weighted by molar-refractivity contribution is 5.87. The number of carbonyl (C=O) groups excluding carboxylic acids is 1. The summed E-state index contributed by atoms with van der Waals surface area (Å²) >= 11 is 0. The van der Waals surface area contributed by atoms with E-state index in [1.165, 1.54) is 0 Å². The topological polar surface area (TPSA) is 32.8 Å². The largest absolute Gasteiger partial charge is 0.450 e. The molecule has 1 heterocycles. The van der Waals surface area contributed by atoms with Crippen molar-refractivity contribution in [3.05, 3.63) is 77.9 Å². The molecule has 0 radical (unpaired) electrons. The number of benzene rings is 2. The predicted octanol–water partition coefficient (Wildman–Crippen LogP) is 6.05. The van der Waals surface area contributed by atoms with Crippen molar-refractivity contribution in [2.24, 2.45) is 5.41 Å². The van der Waals surface area contributed by atoms with E-state index in [9.17, 15) is 4.79 Å². The molecule has 2 aromatic rings. The Hall–Kier alpha value is -1.85. The van der Waals surface area contributed by atoms with Gasteiger partial charge in [-0.2, -0.15) is 0 Å². The molecule has 0 amide bonds. The lowest BCUT2D eigenvalue weighted by molar-refractivity contribution is -0.196. The Kier molecular flexibility index (Phi) is 11.8. The summed E-state index contributed by atoms with van der Waals surface area (Å²) in [5.74, 6) is -0.291. The van der Waals surface area contributed by atoms with E-state index in [1.54, 1.807) is 6.08 Å². The van der Waals surface area contributed by atoms with Crippen LogP contribution in [0.5, 0.6) is 0 Å². The third-order valence-electron chi connectivity index (χ3n) is 7.10. The van der Waals surface area contributed by atoms with Crippen LogP contribution in [0.15, 0.2) is 66.7 Å². The Morgan fingerprint density at radius 3 is 2.18 bits per heavy atom. The summed E-state index contributed by atoms with van der Waals surface area (Å²) < 4.78 is 6.53. The van der Waals surface area contributed by atoms with E-state index in [2.05, 4.69) is 56.7 Å². The monoisotopic (exact) mass is 506 g/mol. The number of nitrogens with zero attached hydrogens (tertiary/aromatic N) is 2. The number of rotatable bonds is 8. The van der Waals surface area contributed by atoms with Crippen LogP contribution in [-0.4, -0.2) is 55.0 Å². The van der Waals surface area contributed by atoms with Crippen LogP contribution in [0.1, 0.15) is 45.2 Å². The Morgan fingerprint density at radius 1 is 1.06 bits per heavy atom. The molecule has 3 rings (SSSR count). The van der Waals surface area contributed by atoms with Crippen molar-refractivity contribution in [3.8, 4) is 0 Å². The maximum absolute atomic E-state index is 13.2. The highest BCUT2D eigenvalue weighted by Crippen LogP contribution is 2.51. The number of halogens is 2. The van der Waals surface area contributed by atoms with Gasteiger partial charge in [-0.25, -0.2) is 4.79 Å². The lowest BCUT2D eigenvalue weighted by Gasteiger charge is -2.56. The van der Waals surface area contributed by atoms with E-state index in [0.29, 0.717) is 6.04 Å². The first-order chi connectivity index (χ1) is 15.3. The van der Waals surface area contributed by atoms with Crippen LogP contribution >= 0.6 is 24.8 Å². The molecule has 6 heteroatoms. The molecule has 1 fully saturated rings. The normalized spacial score (nSPS) is 24.9. The molecule has 1 aliphatic rings. The molecule has 3 atom stereocenters. The van der Waals surface area contributed by atoms with Gasteiger partial charge in [0.1, 0.15) is 5.60 Å². The van der Waals surface area contributed by atoms with E-state index in [0.717, 1.165) is 43.7 Å². The summed E-state index contributed by atoms with van der Waals surface area (Å²) in [6.07, 6.45) is 4.16. The van der Waals surface area contributed by atoms with Gasteiger partial charge in [0.25, 0.3) is 0 Å². The minimum Gasteiger partial charge on any atom is -0.450 e. The van der Waals surface area contributed by atoms with E-state index < -0.39 is 5.60 Å². The van der Waals surface area contributed by atoms with Gasteiger partial charge in [-0.05, 0) is 44.3 Å². The molecule has 1 saturated heterocycles. The van der Waals surface area contributed by atoms with Crippen molar-refractivity contribution in [1.82, 2.24) is 9.80 Å². The number of likely N-dealkylation sites (tertiary alicyclic amines) is 1. The minimum atomic E-state index is -0.707. The van der Waals surface area contributed by atoms with E-state index >= 15 is 0 Å². The van der Waals surface area contributed by atoms with Crippen molar-refractivity contribution in [1.29, 1.82) is 0 Å². The summed E-state index contributed by atoms with van der Waals surface area (Å²) in [6, 6.07) is 20.5. The Labute approximate surface area is 218 Å². The molecule has 0 N–H and O–H groups in total. The predicted molar refractivity (Wildman–Crippen MR) is 147 cm³/mol.